The molecule has 5 heteroatoms. The molecule has 2 aromatic rings. The third-order valence-electron chi connectivity index (χ3n) is 4.27. The van der Waals surface area contributed by atoms with Crippen molar-refractivity contribution in [2.45, 2.75) is 45.6 Å². The van der Waals surface area contributed by atoms with E-state index < -0.39 is 0 Å². The second kappa shape index (κ2) is 5.98. The highest BCUT2D eigenvalue weighted by molar-refractivity contribution is 9.09. The van der Waals surface area contributed by atoms with Crippen molar-refractivity contribution in [2.75, 3.05) is 16.8 Å². The maximum atomic E-state index is 4.65. The molecule has 1 fully saturated rings. The summed E-state index contributed by atoms with van der Waals surface area (Å²) in [6.45, 7) is 5.48. The molecule has 20 heavy (non-hydrogen) atoms. The monoisotopic (exact) mass is 353 g/mol. The minimum absolute atomic E-state index is 0.551. The van der Waals surface area contributed by atoms with Gasteiger partial charge in [0.15, 0.2) is 0 Å². The first kappa shape index (κ1) is 14.3. The largest absolute Gasteiger partial charge is 0.352 e. The Morgan fingerprint density at radius 1 is 1.30 bits per heavy atom. The Morgan fingerprint density at radius 2 is 2.15 bits per heavy atom. The van der Waals surface area contributed by atoms with E-state index >= 15 is 0 Å². The summed E-state index contributed by atoms with van der Waals surface area (Å²) < 4.78 is 0. The molecule has 0 bridgehead atoms. The van der Waals surface area contributed by atoms with Gasteiger partial charge in [0, 0.05) is 22.8 Å². The van der Waals surface area contributed by atoms with E-state index in [1.165, 1.54) is 41.5 Å². The van der Waals surface area contributed by atoms with Crippen molar-refractivity contribution in [1.82, 2.24) is 9.97 Å². The zero-order chi connectivity index (χ0) is 14.1. The molecule has 0 spiro atoms. The third-order valence-corrected chi connectivity index (χ3v) is 6.14. The summed E-state index contributed by atoms with van der Waals surface area (Å²) in [5, 5.41) is 2.28. The van der Waals surface area contributed by atoms with Crippen molar-refractivity contribution in [1.29, 1.82) is 0 Å². The first-order chi connectivity index (χ1) is 9.72. The average molecular weight is 354 g/mol. The van der Waals surface area contributed by atoms with Crippen molar-refractivity contribution in [3.8, 4) is 0 Å². The molecule has 108 valence electrons. The number of rotatable bonds is 2. The van der Waals surface area contributed by atoms with Crippen LogP contribution in [0.2, 0.25) is 0 Å². The van der Waals surface area contributed by atoms with Crippen LogP contribution in [0.3, 0.4) is 0 Å². The van der Waals surface area contributed by atoms with Gasteiger partial charge in [-0.2, -0.15) is 0 Å². The summed E-state index contributed by atoms with van der Waals surface area (Å²) in [6.07, 6.45) is 6.89. The van der Waals surface area contributed by atoms with Crippen LogP contribution in [0.15, 0.2) is 6.33 Å². The SMILES string of the molecule is Cc1sc2ncnc(N3CCCCCC3CBr)c2c1C. The van der Waals surface area contributed by atoms with Gasteiger partial charge < -0.3 is 4.90 Å². The molecule has 0 amide bonds. The zero-order valence-electron chi connectivity index (χ0n) is 12.0. The van der Waals surface area contributed by atoms with Crippen LogP contribution >= 0.6 is 27.3 Å². The smallest absolute Gasteiger partial charge is 0.141 e. The summed E-state index contributed by atoms with van der Waals surface area (Å²) >= 11 is 5.47. The minimum atomic E-state index is 0.551. The molecule has 3 heterocycles. The van der Waals surface area contributed by atoms with E-state index in [-0.39, 0.29) is 0 Å². The van der Waals surface area contributed by atoms with Gasteiger partial charge in [-0.05, 0) is 32.3 Å². The highest BCUT2D eigenvalue weighted by Gasteiger charge is 2.24. The molecule has 3 nitrogen and oxygen atoms in total. The van der Waals surface area contributed by atoms with Gasteiger partial charge in [0.1, 0.15) is 17.0 Å². The first-order valence-corrected chi connectivity index (χ1v) is 9.19. The number of hydrogen-bond acceptors (Lipinski definition) is 4. The number of thiophene rings is 1. The van der Waals surface area contributed by atoms with Crippen LogP contribution in [0.4, 0.5) is 5.82 Å². The van der Waals surface area contributed by atoms with Gasteiger partial charge in [0.05, 0.1) is 5.39 Å². The number of aromatic nitrogens is 2. The standard InChI is InChI=1S/C15H20BrN3S/c1-10-11(2)20-15-13(10)14(17-9-18-15)19-7-5-3-4-6-12(19)8-16/h9,12H,3-8H2,1-2H3. The maximum absolute atomic E-state index is 4.65. The van der Waals surface area contributed by atoms with Gasteiger partial charge in [0.25, 0.3) is 0 Å². The lowest BCUT2D eigenvalue weighted by molar-refractivity contribution is 0.622. The van der Waals surface area contributed by atoms with Crippen molar-refractivity contribution in [2.24, 2.45) is 0 Å². The average Bonchev–Trinajstić information content (AvgIpc) is 2.66. The second-order valence-corrected chi connectivity index (χ2v) is 7.36. The lowest BCUT2D eigenvalue weighted by atomic mass is 10.1. The fraction of sp³-hybridized carbons (Fsp3) is 0.600. The number of anilines is 1. The highest BCUT2D eigenvalue weighted by Crippen LogP contribution is 2.36. The summed E-state index contributed by atoms with van der Waals surface area (Å²) in [5.74, 6) is 1.14. The topological polar surface area (TPSA) is 29.0 Å². The van der Waals surface area contributed by atoms with E-state index in [4.69, 9.17) is 0 Å². The summed E-state index contributed by atoms with van der Waals surface area (Å²) in [4.78, 5) is 14.1. The molecule has 1 unspecified atom stereocenters. The Bertz CT molecular complexity index is 610. The fourth-order valence-electron chi connectivity index (χ4n) is 3.00. The predicted octanol–water partition coefficient (Wildman–Crippen LogP) is 4.45. The summed E-state index contributed by atoms with van der Waals surface area (Å²) in [5.41, 5.74) is 1.35. The van der Waals surface area contributed by atoms with E-state index in [1.807, 2.05) is 0 Å². The molecule has 1 atom stereocenters. The van der Waals surface area contributed by atoms with Crippen LogP contribution in [-0.2, 0) is 0 Å². The second-order valence-electron chi connectivity index (χ2n) is 5.51. The van der Waals surface area contributed by atoms with Crippen LogP contribution < -0.4 is 4.90 Å². The molecule has 0 saturated carbocycles. The number of alkyl halides is 1. The number of nitrogens with zero attached hydrogens (tertiary/aromatic N) is 3. The molecular formula is C15H20BrN3S. The molecule has 1 aliphatic heterocycles. The summed E-state index contributed by atoms with van der Waals surface area (Å²) in [7, 11) is 0. The predicted molar refractivity (Wildman–Crippen MR) is 90.3 cm³/mol. The van der Waals surface area contributed by atoms with Gasteiger partial charge >= 0.3 is 0 Å². The van der Waals surface area contributed by atoms with Gasteiger partial charge in [0.2, 0.25) is 0 Å². The van der Waals surface area contributed by atoms with Crippen LogP contribution in [0, 0.1) is 13.8 Å². The lowest BCUT2D eigenvalue weighted by Gasteiger charge is -2.30. The number of halogens is 1. The summed E-state index contributed by atoms with van der Waals surface area (Å²) in [6, 6.07) is 0.551. The van der Waals surface area contributed by atoms with Crippen LogP contribution in [0.5, 0.6) is 0 Å². The number of hydrogen-bond donors (Lipinski definition) is 0. The van der Waals surface area contributed by atoms with Gasteiger partial charge in [-0.25, -0.2) is 9.97 Å². The highest BCUT2D eigenvalue weighted by atomic mass is 79.9. The van der Waals surface area contributed by atoms with E-state index in [0.717, 1.165) is 22.5 Å². The lowest BCUT2D eigenvalue weighted by Crippen LogP contribution is -2.36. The van der Waals surface area contributed by atoms with Crippen molar-refractivity contribution in [3.05, 3.63) is 16.8 Å². The van der Waals surface area contributed by atoms with Gasteiger partial charge in [-0.15, -0.1) is 11.3 Å². The Hall–Kier alpha value is -0.680. The molecule has 0 aromatic carbocycles. The molecule has 0 aliphatic carbocycles. The fourth-order valence-corrected chi connectivity index (χ4v) is 4.66. The zero-order valence-corrected chi connectivity index (χ0v) is 14.4. The Balaban J connectivity index is 2.12. The molecule has 0 radical (unpaired) electrons. The van der Waals surface area contributed by atoms with Crippen molar-refractivity contribution in [3.63, 3.8) is 0 Å². The van der Waals surface area contributed by atoms with Crippen LogP contribution in [0.1, 0.15) is 36.1 Å². The molecule has 1 saturated heterocycles. The molecule has 1 aliphatic rings. The maximum Gasteiger partial charge on any atom is 0.141 e. The number of fused-ring (bicyclic) bond motifs is 1. The first-order valence-electron chi connectivity index (χ1n) is 7.25. The Kier molecular flexibility index (Phi) is 4.26. The third kappa shape index (κ3) is 2.46. The van der Waals surface area contributed by atoms with E-state index in [1.54, 1.807) is 17.7 Å². The Morgan fingerprint density at radius 3 is 2.95 bits per heavy atom. The van der Waals surface area contributed by atoms with Crippen molar-refractivity contribution < 1.29 is 0 Å². The molecule has 3 rings (SSSR count). The Labute approximate surface area is 132 Å². The normalized spacial score (nSPS) is 20.4. The van der Waals surface area contributed by atoms with Crippen LogP contribution in [0.25, 0.3) is 10.2 Å². The molecule has 2 aromatic heterocycles. The quantitative estimate of drug-likeness (QED) is 0.746. The van der Waals surface area contributed by atoms with Crippen molar-refractivity contribution >= 4 is 43.3 Å². The minimum Gasteiger partial charge on any atom is -0.352 e. The molecule has 0 N–H and O–H groups in total. The number of aryl methyl sites for hydroxylation is 2. The molecular weight excluding hydrogens is 334 g/mol. The van der Waals surface area contributed by atoms with E-state index in [0.29, 0.717) is 6.04 Å². The van der Waals surface area contributed by atoms with E-state index in [9.17, 15) is 0 Å². The van der Waals surface area contributed by atoms with Gasteiger partial charge in [-0.3, -0.25) is 0 Å². The van der Waals surface area contributed by atoms with Gasteiger partial charge in [-0.1, -0.05) is 28.8 Å². The van der Waals surface area contributed by atoms with Crippen LogP contribution in [-0.4, -0.2) is 27.9 Å². The van der Waals surface area contributed by atoms with E-state index in [2.05, 4.69) is 44.6 Å².